The Morgan fingerprint density at radius 2 is 2.05 bits per heavy atom. The summed E-state index contributed by atoms with van der Waals surface area (Å²) in [5.74, 6) is 4.95. The third kappa shape index (κ3) is 3.61. The maximum absolute atomic E-state index is 13.6. The molecule has 0 atom stereocenters. The zero-order chi connectivity index (χ0) is 15.2. The quantitative estimate of drug-likeness (QED) is 0.868. The van der Waals surface area contributed by atoms with Gasteiger partial charge in [-0.3, -0.25) is 9.13 Å². The van der Waals surface area contributed by atoms with Crippen LogP contribution in [0.4, 0.5) is 4.39 Å². The summed E-state index contributed by atoms with van der Waals surface area (Å²) in [7, 11) is 0. The van der Waals surface area contributed by atoms with Crippen LogP contribution in [0.3, 0.4) is 0 Å². The van der Waals surface area contributed by atoms with Gasteiger partial charge in [0.15, 0.2) is 0 Å². The summed E-state index contributed by atoms with van der Waals surface area (Å²) in [6.45, 7) is 3.30. The molecule has 0 aliphatic heterocycles. The molecule has 0 amide bonds. The van der Waals surface area contributed by atoms with Gasteiger partial charge in [-0.1, -0.05) is 24.8 Å². The summed E-state index contributed by atoms with van der Waals surface area (Å²) in [5, 5.41) is 0. The second-order valence-electron chi connectivity index (χ2n) is 4.72. The first-order valence-electron chi connectivity index (χ1n) is 6.88. The fourth-order valence-electron chi connectivity index (χ4n) is 2.09. The minimum atomic E-state index is -0.379. The molecule has 0 aliphatic carbocycles. The van der Waals surface area contributed by atoms with Crippen LogP contribution in [0.25, 0.3) is 0 Å². The Morgan fingerprint density at radius 1 is 1.29 bits per heavy atom. The maximum atomic E-state index is 13.6. The first-order valence-corrected chi connectivity index (χ1v) is 6.88. The maximum Gasteiger partial charge on any atom is 0.328 e. The lowest BCUT2D eigenvalue weighted by Crippen LogP contribution is -2.24. The Morgan fingerprint density at radius 3 is 2.76 bits per heavy atom. The number of benzene rings is 1. The molecular formula is C16H18FN3O. The van der Waals surface area contributed by atoms with Gasteiger partial charge in [0.25, 0.3) is 0 Å². The number of hydrogen-bond donors (Lipinski definition) is 1. The van der Waals surface area contributed by atoms with E-state index in [-0.39, 0.29) is 18.1 Å². The highest BCUT2D eigenvalue weighted by atomic mass is 19.1. The van der Waals surface area contributed by atoms with Crippen LogP contribution in [-0.2, 0) is 13.1 Å². The van der Waals surface area contributed by atoms with Crippen LogP contribution in [0.5, 0.6) is 0 Å². The van der Waals surface area contributed by atoms with Gasteiger partial charge in [-0.25, -0.2) is 9.18 Å². The molecule has 0 bridgehead atoms. The van der Waals surface area contributed by atoms with Gasteiger partial charge in [0.1, 0.15) is 5.82 Å². The minimum Gasteiger partial charge on any atom is -0.320 e. The van der Waals surface area contributed by atoms with Crippen molar-refractivity contribution < 1.29 is 4.39 Å². The van der Waals surface area contributed by atoms with E-state index in [0.717, 1.165) is 12.0 Å². The van der Waals surface area contributed by atoms with E-state index < -0.39 is 0 Å². The molecule has 21 heavy (non-hydrogen) atoms. The summed E-state index contributed by atoms with van der Waals surface area (Å²) in [4.78, 5) is 12.1. The minimum absolute atomic E-state index is 0.0595. The van der Waals surface area contributed by atoms with Gasteiger partial charge in [-0.15, -0.1) is 0 Å². The summed E-state index contributed by atoms with van der Waals surface area (Å²) in [6.07, 6.45) is 4.41. The molecule has 0 spiro atoms. The molecule has 4 nitrogen and oxygen atoms in total. The number of aromatic nitrogens is 2. The molecule has 2 aromatic rings. The van der Waals surface area contributed by atoms with Crippen molar-refractivity contribution in [1.29, 1.82) is 0 Å². The molecular weight excluding hydrogens is 269 g/mol. The molecule has 110 valence electrons. The van der Waals surface area contributed by atoms with Crippen molar-refractivity contribution in [1.82, 2.24) is 9.13 Å². The zero-order valence-electron chi connectivity index (χ0n) is 12.0. The van der Waals surface area contributed by atoms with Crippen molar-refractivity contribution in [2.75, 3.05) is 6.54 Å². The van der Waals surface area contributed by atoms with Crippen LogP contribution in [0, 0.1) is 17.7 Å². The fraction of sp³-hybridized carbons (Fsp3) is 0.312. The van der Waals surface area contributed by atoms with E-state index in [0.29, 0.717) is 18.7 Å². The van der Waals surface area contributed by atoms with Crippen molar-refractivity contribution in [2.24, 2.45) is 5.73 Å². The molecule has 0 aliphatic rings. The molecule has 0 fully saturated rings. The molecule has 0 saturated carbocycles. The number of nitrogens with zero attached hydrogens (tertiary/aromatic N) is 2. The highest BCUT2D eigenvalue weighted by molar-refractivity contribution is 5.38. The summed E-state index contributed by atoms with van der Waals surface area (Å²) >= 11 is 0. The first kappa shape index (κ1) is 15.1. The van der Waals surface area contributed by atoms with Gasteiger partial charge >= 0.3 is 5.69 Å². The number of rotatable bonds is 4. The Kier molecular flexibility index (Phi) is 4.96. The van der Waals surface area contributed by atoms with E-state index in [1.54, 1.807) is 33.7 Å². The average Bonchev–Trinajstić information content (AvgIpc) is 2.81. The Bertz CT molecular complexity index is 734. The van der Waals surface area contributed by atoms with Crippen molar-refractivity contribution in [3.8, 4) is 11.8 Å². The Labute approximate surface area is 123 Å². The monoisotopic (exact) mass is 287 g/mol. The standard InChI is InChI=1S/C16H18FN3O/c1-2-8-19-9-10-20(16(19)21)12-13-5-6-15(17)14(11-13)4-3-7-18/h5-6,9-11H,2,7-8,12,18H2,1H3. The number of hydrogen-bond acceptors (Lipinski definition) is 2. The zero-order valence-corrected chi connectivity index (χ0v) is 12.0. The molecule has 0 saturated heterocycles. The molecule has 0 radical (unpaired) electrons. The van der Waals surface area contributed by atoms with Gasteiger partial charge in [-0.2, -0.15) is 0 Å². The van der Waals surface area contributed by atoms with Crippen molar-refractivity contribution in [3.05, 3.63) is 58.0 Å². The van der Waals surface area contributed by atoms with E-state index in [9.17, 15) is 9.18 Å². The van der Waals surface area contributed by atoms with Crippen molar-refractivity contribution in [3.63, 3.8) is 0 Å². The molecule has 2 rings (SSSR count). The third-order valence-electron chi connectivity index (χ3n) is 3.09. The molecule has 1 heterocycles. The Balaban J connectivity index is 2.26. The summed E-state index contributed by atoms with van der Waals surface area (Å²) in [6, 6.07) is 4.68. The summed E-state index contributed by atoms with van der Waals surface area (Å²) < 4.78 is 16.9. The van der Waals surface area contributed by atoms with Crippen LogP contribution >= 0.6 is 0 Å². The van der Waals surface area contributed by atoms with E-state index in [4.69, 9.17) is 5.73 Å². The second-order valence-corrected chi connectivity index (χ2v) is 4.72. The van der Waals surface area contributed by atoms with Crippen LogP contribution in [0.1, 0.15) is 24.5 Å². The van der Waals surface area contributed by atoms with Crippen molar-refractivity contribution in [2.45, 2.75) is 26.4 Å². The SMILES string of the molecule is CCCn1ccn(Cc2ccc(F)c(C#CCN)c2)c1=O. The first-order chi connectivity index (χ1) is 10.2. The van der Waals surface area contributed by atoms with Crippen molar-refractivity contribution >= 4 is 0 Å². The Hall–Kier alpha value is -2.32. The molecule has 1 aromatic carbocycles. The lowest BCUT2D eigenvalue weighted by molar-refractivity contribution is 0.616. The fourth-order valence-corrected chi connectivity index (χ4v) is 2.09. The van der Waals surface area contributed by atoms with Gasteiger partial charge < -0.3 is 5.73 Å². The largest absolute Gasteiger partial charge is 0.328 e. The van der Waals surface area contributed by atoms with Crippen LogP contribution in [-0.4, -0.2) is 15.7 Å². The predicted octanol–water partition coefficient (Wildman–Crippen LogP) is 1.56. The van der Waals surface area contributed by atoms with E-state index >= 15 is 0 Å². The van der Waals surface area contributed by atoms with E-state index in [1.807, 2.05) is 6.92 Å². The lowest BCUT2D eigenvalue weighted by atomic mass is 10.1. The van der Waals surface area contributed by atoms with Crippen LogP contribution in [0.15, 0.2) is 35.4 Å². The molecule has 2 N–H and O–H groups in total. The summed E-state index contributed by atoms with van der Waals surface area (Å²) in [5.41, 5.74) is 6.37. The average molecular weight is 287 g/mol. The number of nitrogens with two attached hydrogens (primary N) is 1. The van der Waals surface area contributed by atoms with Gasteiger partial charge in [0.05, 0.1) is 18.7 Å². The van der Waals surface area contributed by atoms with Crippen LogP contribution < -0.4 is 11.4 Å². The topological polar surface area (TPSA) is 52.9 Å². The molecule has 1 aromatic heterocycles. The highest BCUT2D eigenvalue weighted by Gasteiger charge is 2.06. The number of imidazole rings is 1. The number of aryl methyl sites for hydroxylation is 1. The van der Waals surface area contributed by atoms with Gasteiger partial charge in [0.2, 0.25) is 0 Å². The predicted molar refractivity (Wildman–Crippen MR) is 80.4 cm³/mol. The third-order valence-corrected chi connectivity index (χ3v) is 3.09. The van der Waals surface area contributed by atoms with E-state index in [2.05, 4.69) is 11.8 Å². The normalized spacial score (nSPS) is 10.2. The second kappa shape index (κ2) is 6.91. The number of halogens is 1. The lowest BCUT2D eigenvalue weighted by Gasteiger charge is -2.04. The van der Waals surface area contributed by atoms with Crippen LogP contribution in [0.2, 0.25) is 0 Å². The highest BCUT2D eigenvalue weighted by Crippen LogP contribution is 2.10. The smallest absolute Gasteiger partial charge is 0.320 e. The molecule has 0 unspecified atom stereocenters. The van der Waals surface area contributed by atoms with Gasteiger partial charge in [-0.05, 0) is 24.1 Å². The molecule has 5 heteroatoms. The van der Waals surface area contributed by atoms with Gasteiger partial charge in [0, 0.05) is 18.9 Å². The van der Waals surface area contributed by atoms with E-state index in [1.165, 1.54) is 6.07 Å².